The summed E-state index contributed by atoms with van der Waals surface area (Å²) in [6.45, 7) is 3.32. The molecule has 0 bridgehead atoms. The summed E-state index contributed by atoms with van der Waals surface area (Å²) in [5.74, 6) is -0.0636. The minimum atomic E-state index is -0.408. The Bertz CT molecular complexity index is 1100. The number of nitrogens with zero attached hydrogens (tertiary/aromatic N) is 2. The summed E-state index contributed by atoms with van der Waals surface area (Å²) >= 11 is 1.33. The molecule has 0 aromatic heterocycles. The van der Waals surface area contributed by atoms with Gasteiger partial charge in [0.15, 0.2) is 5.78 Å². The molecule has 1 saturated heterocycles. The number of halogens is 2. The second-order valence-corrected chi connectivity index (χ2v) is 9.23. The van der Waals surface area contributed by atoms with Gasteiger partial charge in [0.1, 0.15) is 0 Å². The van der Waals surface area contributed by atoms with E-state index >= 15 is 0 Å². The van der Waals surface area contributed by atoms with E-state index < -0.39 is 4.92 Å². The van der Waals surface area contributed by atoms with Crippen molar-refractivity contribution in [2.45, 2.75) is 28.7 Å². The highest BCUT2D eigenvalue weighted by Crippen LogP contribution is 2.35. The Kier molecular flexibility index (Phi) is 11.7. The van der Waals surface area contributed by atoms with Crippen LogP contribution >= 0.6 is 36.6 Å². The number of piperazine rings is 1. The summed E-state index contributed by atoms with van der Waals surface area (Å²) < 4.78 is 0. The lowest BCUT2D eigenvalue weighted by Gasteiger charge is -2.36. The number of benzene rings is 3. The van der Waals surface area contributed by atoms with Crippen LogP contribution in [-0.4, -0.2) is 47.8 Å². The van der Waals surface area contributed by atoms with Crippen LogP contribution in [0.25, 0.3) is 0 Å². The molecule has 3 aromatic carbocycles. The fraction of sp³-hybridized carbons (Fsp3) is 0.269. The van der Waals surface area contributed by atoms with Crippen LogP contribution in [0, 0.1) is 10.1 Å². The topological polar surface area (TPSA) is 75.5 Å². The van der Waals surface area contributed by atoms with E-state index in [-0.39, 0.29) is 36.3 Å². The lowest BCUT2D eigenvalue weighted by Crippen LogP contribution is -2.52. The molecule has 0 radical (unpaired) electrons. The van der Waals surface area contributed by atoms with E-state index in [1.54, 1.807) is 12.1 Å². The standard InChI is InChI=1S/C26H27N3O3S.2ClH/c30-25(13-15-28-16-14-27-19-22(28)17-20-7-3-1-4-8-20)21-11-12-26(24(18-21)29(31)32)33-23-9-5-2-6-10-23;;/h1-12,18,22,27H,13-17,19H2;2*1H. The van der Waals surface area contributed by atoms with E-state index in [1.165, 1.54) is 23.4 Å². The van der Waals surface area contributed by atoms with Crippen LogP contribution in [0.4, 0.5) is 5.69 Å². The molecule has 0 aliphatic carbocycles. The quantitative estimate of drug-likeness (QED) is 0.216. The van der Waals surface area contributed by atoms with Crippen molar-refractivity contribution in [3.05, 3.63) is 100 Å². The van der Waals surface area contributed by atoms with E-state index in [4.69, 9.17) is 0 Å². The van der Waals surface area contributed by atoms with Gasteiger partial charge in [-0.2, -0.15) is 0 Å². The van der Waals surface area contributed by atoms with Gasteiger partial charge in [0.25, 0.3) is 5.69 Å². The number of nitro groups is 1. The second kappa shape index (κ2) is 14.2. The number of carbonyl (C=O) groups excluding carboxylic acids is 1. The number of hydrogen-bond donors (Lipinski definition) is 1. The zero-order chi connectivity index (χ0) is 23.0. The highest BCUT2D eigenvalue weighted by atomic mass is 35.5. The number of ketones is 1. The molecule has 1 unspecified atom stereocenters. The van der Waals surface area contributed by atoms with E-state index in [9.17, 15) is 14.9 Å². The minimum Gasteiger partial charge on any atom is -0.314 e. The molecule has 186 valence electrons. The number of nitro benzene ring substituents is 1. The summed E-state index contributed by atoms with van der Waals surface area (Å²) in [4.78, 5) is 28.0. The highest BCUT2D eigenvalue weighted by Gasteiger charge is 2.24. The molecule has 1 atom stereocenters. The molecule has 0 spiro atoms. The van der Waals surface area contributed by atoms with Gasteiger partial charge in [-0.3, -0.25) is 19.8 Å². The lowest BCUT2D eigenvalue weighted by atomic mass is 10.0. The van der Waals surface area contributed by atoms with Gasteiger partial charge in [0, 0.05) is 55.2 Å². The molecule has 3 aromatic rings. The molecule has 0 saturated carbocycles. The predicted octanol–water partition coefficient (Wildman–Crippen LogP) is 5.68. The number of carbonyl (C=O) groups is 1. The average molecular weight is 535 g/mol. The third kappa shape index (κ3) is 8.05. The molecule has 1 N–H and O–H groups in total. The second-order valence-electron chi connectivity index (χ2n) is 8.11. The van der Waals surface area contributed by atoms with Gasteiger partial charge in [-0.15, -0.1) is 24.8 Å². The van der Waals surface area contributed by atoms with E-state index in [0.29, 0.717) is 29.5 Å². The van der Waals surface area contributed by atoms with Crippen LogP contribution in [0.5, 0.6) is 0 Å². The first-order valence-corrected chi connectivity index (χ1v) is 11.9. The molecule has 1 aliphatic rings. The zero-order valence-electron chi connectivity index (χ0n) is 19.2. The van der Waals surface area contributed by atoms with Gasteiger partial charge in [-0.1, -0.05) is 60.3 Å². The molecule has 0 amide bonds. The normalized spacial score (nSPS) is 15.5. The Labute approximate surface area is 222 Å². The van der Waals surface area contributed by atoms with E-state index in [0.717, 1.165) is 31.0 Å². The van der Waals surface area contributed by atoms with Gasteiger partial charge < -0.3 is 5.32 Å². The fourth-order valence-corrected chi connectivity index (χ4v) is 5.03. The van der Waals surface area contributed by atoms with Crippen molar-refractivity contribution >= 4 is 48.0 Å². The first kappa shape index (κ1) is 28.8. The van der Waals surface area contributed by atoms with Crippen molar-refractivity contribution in [3.63, 3.8) is 0 Å². The smallest absolute Gasteiger partial charge is 0.283 e. The van der Waals surface area contributed by atoms with Crippen LogP contribution in [0.3, 0.4) is 0 Å². The molecule has 9 heteroatoms. The summed E-state index contributed by atoms with van der Waals surface area (Å²) in [5.41, 5.74) is 1.65. The Morgan fingerprint density at radius 2 is 1.71 bits per heavy atom. The number of Topliss-reactive ketones (excluding diaryl/α,β-unsaturated/α-hetero) is 1. The zero-order valence-corrected chi connectivity index (χ0v) is 21.6. The van der Waals surface area contributed by atoms with Crippen molar-refractivity contribution < 1.29 is 9.72 Å². The number of hydrogen-bond acceptors (Lipinski definition) is 6. The van der Waals surface area contributed by atoms with Crippen molar-refractivity contribution in [2.24, 2.45) is 0 Å². The summed E-state index contributed by atoms with van der Waals surface area (Å²) in [5, 5.41) is 15.1. The summed E-state index contributed by atoms with van der Waals surface area (Å²) in [7, 11) is 0. The maximum atomic E-state index is 12.9. The third-order valence-electron chi connectivity index (χ3n) is 5.86. The monoisotopic (exact) mass is 533 g/mol. The van der Waals surface area contributed by atoms with Crippen molar-refractivity contribution in [1.29, 1.82) is 0 Å². The lowest BCUT2D eigenvalue weighted by molar-refractivity contribution is -0.387. The molecule has 6 nitrogen and oxygen atoms in total. The Morgan fingerprint density at radius 3 is 2.40 bits per heavy atom. The van der Waals surface area contributed by atoms with Gasteiger partial charge in [0.05, 0.1) is 9.82 Å². The van der Waals surface area contributed by atoms with Crippen molar-refractivity contribution in [1.82, 2.24) is 10.2 Å². The maximum Gasteiger partial charge on any atom is 0.283 e. The summed E-state index contributed by atoms with van der Waals surface area (Å²) in [6.07, 6.45) is 1.27. The van der Waals surface area contributed by atoms with E-state index in [1.807, 2.05) is 48.5 Å². The van der Waals surface area contributed by atoms with Crippen LogP contribution in [-0.2, 0) is 6.42 Å². The average Bonchev–Trinajstić information content (AvgIpc) is 2.84. The van der Waals surface area contributed by atoms with Crippen LogP contribution in [0.15, 0.2) is 88.7 Å². The Balaban J connectivity index is 0.00000216. The molecular formula is C26H29Cl2N3O3S. The van der Waals surface area contributed by atoms with Gasteiger partial charge >= 0.3 is 0 Å². The largest absolute Gasteiger partial charge is 0.314 e. The SMILES string of the molecule is Cl.Cl.O=C(CCN1CCNCC1Cc1ccccc1)c1ccc(Sc2ccccc2)c([N+](=O)[O-])c1. The first-order chi connectivity index (χ1) is 16.1. The Morgan fingerprint density at radius 1 is 1.03 bits per heavy atom. The van der Waals surface area contributed by atoms with Crippen molar-refractivity contribution in [3.8, 4) is 0 Å². The number of nitrogens with one attached hydrogen (secondary N) is 1. The Hall–Kier alpha value is -2.42. The minimum absolute atomic E-state index is 0. The van der Waals surface area contributed by atoms with Crippen LogP contribution < -0.4 is 5.32 Å². The van der Waals surface area contributed by atoms with Crippen LogP contribution in [0.1, 0.15) is 22.3 Å². The molecule has 1 aliphatic heterocycles. The molecule has 35 heavy (non-hydrogen) atoms. The molecule has 4 rings (SSSR count). The van der Waals surface area contributed by atoms with Crippen molar-refractivity contribution in [2.75, 3.05) is 26.2 Å². The first-order valence-electron chi connectivity index (χ1n) is 11.1. The summed E-state index contributed by atoms with van der Waals surface area (Å²) in [6, 6.07) is 25.0. The van der Waals surface area contributed by atoms with Gasteiger partial charge in [0.2, 0.25) is 0 Å². The number of rotatable bonds is 9. The van der Waals surface area contributed by atoms with E-state index in [2.05, 4.69) is 22.3 Å². The fourth-order valence-electron chi connectivity index (χ4n) is 4.11. The van der Waals surface area contributed by atoms with Gasteiger partial charge in [-0.05, 0) is 36.2 Å². The highest BCUT2D eigenvalue weighted by molar-refractivity contribution is 7.99. The molecule has 1 heterocycles. The maximum absolute atomic E-state index is 12.9. The van der Waals surface area contributed by atoms with Crippen LogP contribution in [0.2, 0.25) is 0 Å². The third-order valence-corrected chi connectivity index (χ3v) is 6.93. The predicted molar refractivity (Wildman–Crippen MR) is 145 cm³/mol. The molecule has 1 fully saturated rings. The van der Waals surface area contributed by atoms with Gasteiger partial charge in [-0.25, -0.2) is 0 Å². The molecular weight excluding hydrogens is 505 g/mol.